The molecule has 0 saturated heterocycles. The predicted molar refractivity (Wildman–Crippen MR) is 117 cm³/mol. The van der Waals surface area contributed by atoms with Crippen LogP contribution in [0.25, 0.3) is 0 Å². The molecule has 0 saturated carbocycles. The van der Waals surface area contributed by atoms with Gasteiger partial charge in [-0.3, -0.25) is 14.4 Å². The van der Waals surface area contributed by atoms with Crippen LogP contribution in [0.2, 0.25) is 0 Å². The molecule has 0 radical (unpaired) electrons. The summed E-state index contributed by atoms with van der Waals surface area (Å²) in [4.78, 5) is 33.4. The summed E-state index contributed by atoms with van der Waals surface area (Å²) in [5.41, 5.74) is 0. The zero-order valence-electron chi connectivity index (χ0n) is 18.5. The summed E-state index contributed by atoms with van der Waals surface area (Å²) < 4.78 is 4.74. The van der Waals surface area contributed by atoms with Crippen molar-refractivity contribution >= 4 is 17.9 Å². The van der Waals surface area contributed by atoms with E-state index in [1.807, 2.05) is 0 Å². The Bertz CT molecular complexity index is 456. The normalized spacial score (nSPS) is 11.1. The highest BCUT2D eigenvalue weighted by molar-refractivity contribution is 5.85. The third kappa shape index (κ3) is 22.5. The van der Waals surface area contributed by atoms with Gasteiger partial charge in [-0.15, -0.1) is 0 Å². The molecule has 0 aromatic heterocycles. The first-order valence-electron chi connectivity index (χ1n) is 11.7. The van der Waals surface area contributed by atoms with Crippen LogP contribution >= 0.6 is 0 Å². The molecular formula is C24H42O5. The molecule has 0 aromatic carbocycles. The van der Waals surface area contributed by atoms with Crippen LogP contribution in [0.1, 0.15) is 122 Å². The number of esters is 2. The minimum Gasteiger partial charge on any atom is -0.481 e. The summed E-state index contributed by atoms with van der Waals surface area (Å²) in [6.45, 7) is 2.25. The Morgan fingerprint density at radius 1 is 0.621 bits per heavy atom. The van der Waals surface area contributed by atoms with E-state index in [9.17, 15) is 14.4 Å². The van der Waals surface area contributed by atoms with Crippen molar-refractivity contribution in [3.63, 3.8) is 0 Å². The van der Waals surface area contributed by atoms with Crippen molar-refractivity contribution in [2.75, 3.05) is 0 Å². The second-order valence-corrected chi connectivity index (χ2v) is 7.78. The van der Waals surface area contributed by atoms with Crippen molar-refractivity contribution in [1.82, 2.24) is 0 Å². The van der Waals surface area contributed by atoms with Gasteiger partial charge in [0.1, 0.15) is 0 Å². The molecule has 0 spiro atoms. The Hall–Kier alpha value is -1.65. The number of hydrogen-bond acceptors (Lipinski definition) is 4. The van der Waals surface area contributed by atoms with Gasteiger partial charge in [-0.25, -0.2) is 0 Å². The van der Waals surface area contributed by atoms with Crippen molar-refractivity contribution in [3.05, 3.63) is 12.2 Å². The van der Waals surface area contributed by atoms with Crippen LogP contribution in [-0.2, 0) is 19.1 Å². The molecule has 0 aliphatic rings. The highest BCUT2D eigenvalue weighted by atomic mass is 16.6. The highest BCUT2D eigenvalue weighted by Crippen LogP contribution is 2.10. The SMILES string of the molecule is CCCCCCCC/C=C\CCCCCCCC(=O)OC(=O)CCCCC(=O)O. The molecule has 0 atom stereocenters. The summed E-state index contributed by atoms with van der Waals surface area (Å²) in [6, 6.07) is 0. The molecule has 0 rings (SSSR count). The number of hydrogen-bond donors (Lipinski definition) is 1. The first-order valence-corrected chi connectivity index (χ1v) is 11.7. The lowest BCUT2D eigenvalue weighted by Gasteiger charge is -2.03. The molecule has 0 amide bonds. The fraction of sp³-hybridized carbons (Fsp3) is 0.792. The van der Waals surface area contributed by atoms with E-state index in [1.165, 1.54) is 57.8 Å². The molecule has 0 aliphatic carbocycles. The molecule has 168 valence electrons. The van der Waals surface area contributed by atoms with Crippen LogP contribution in [0.3, 0.4) is 0 Å². The zero-order chi connectivity index (χ0) is 21.6. The van der Waals surface area contributed by atoms with Gasteiger partial charge in [0.15, 0.2) is 0 Å². The van der Waals surface area contributed by atoms with Gasteiger partial charge in [0.2, 0.25) is 0 Å². The van der Waals surface area contributed by atoms with Crippen LogP contribution in [0.4, 0.5) is 0 Å². The molecule has 5 nitrogen and oxygen atoms in total. The molecular weight excluding hydrogens is 368 g/mol. The van der Waals surface area contributed by atoms with Crippen molar-refractivity contribution in [2.24, 2.45) is 0 Å². The van der Waals surface area contributed by atoms with Crippen LogP contribution in [0, 0.1) is 0 Å². The zero-order valence-corrected chi connectivity index (χ0v) is 18.5. The minimum absolute atomic E-state index is 0.0378. The number of aliphatic carboxylic acids is 1. The summed E-state index contributed by atoms with van der Waals surface area (Å²) >= 11 is 0. The van der Waals surface area contributed by atoms with E-state index in [-0.39, 0.29) is 19.3 Å². The number of carboxylic acid groups (broad SMARTS) is 1. The first-order chi connectivity index (χ1) is 14.1. The maximum absolute atomic E-state index is 11.6. The Kier molecular flexibility index (Phi) is 19.9. The third-order valence-electron chi connectivity index (χ3n) is 4.89. The van der Waals surface area contributed by atoms with Crippen molar-refractivity contribution in [2.45, 2.75) is 122 Å². The number of unbranched alkanes of at least 4 members (excludes halogenated alkanes) is 12. The number of carbonyl (C=O) groups excluding carboxylic acids is 2. The largest absolute Gasteiger partial charge is 0.481 e. The maximum atomic E-state index is 11.6. The first kappa shape index (κ1) is 27.4. The monoisotopic (exact) mass is 410 g/mol. The highest BCUT2D eigenvalue weighted by Gasteiger charge is 2.10. The van der Waals surface area contributed by atoms with Crippen molar-refractivity contribution in [3.8, 4) is 0 Å². The average molecular weight is 411 g/mol. The topological polar surface area (TPSA) is 80.7 Å². The molecule has 0 aromatic rings. The van der Waals surface area contributed by atoms with Crippen LogP contribution < -0.4 is 0 Å². The Morgan fingerprint density at radius 3 is 1.55 bits per heavy atom. The van der Waals surface area contributed by atoms with Gasteiger partial charge < -0.3 is 9.84 Å². The second-order valence-electron chi connectivity index (χ2n) is 7.78. The summed E-state index contributed by atoms with van der Waals surface area (Å²) in [5.74, 6) is -1.89. The van der Waals surface area contributed by atoms with Gasteiger partial charge in [0.05, 0.1) is 0 Å². The predicted octanol–water partition coefficient (Wildman–Crippen LogP) is 6.74. The van der Waals surface area contributed by atoms with Gasteiger partial charge in [0, 0.05) is 19.3 Å². The quantitative estimate of drug-likeness (QED) is 0.104. The van der Waals surface area contributed by atoms with Crippen LogP contribution in [0.15, 0.2) is 12.2 Å². The van der Waals surface area contributed by atoms with Crippen molar-refractivity contribution in [1.29, 1.82) is 0 Å². The Labute approximate surface area is 177 Å². The summed E-state index contributed by atoms with van der Waals surface area (Å²) in [7, 11) is 0. The van der Waals surface area contributed by atoms with Gasteiger partial charge in [-0.2, -0.15) is 0 Å². The summed E-state index contributed by atoms with van der Waals surface area (Å²) in [6.07, 6.45) is 21.5. The number of allylic oxidation sites excluding steroid dienone is 2. The van der Waals surface area contributed by atoms with E-state index in [4.69, 9.17) is 9.84 Å². The molecule has 5 heteroatoms. The fourth-order valence-corrected chi connectivity index (χ4v) is 3.11. The smallest absolute Gasteiger partial charge is 0.313 e. The lowest BCUT2D eigenvalue weighted by molar-refractivity contribution is -0.160. The Balaban J connectivity index is 3.36. The van der Waals surface area contributed by atoms with Gasteiger partial charge in [-0.1, -0.05) is 70.4 Å². The number of rotatable bonds is 20. The Morgan fingerprint density at radius 2 is 1.03 bits per heavy atom. The van der Waals surface area contributed by atoms with Gasteiger partial charge in [0.25, 0.3) is 0 Å². The van der Waals surface area contributed by atoms with E-state index in [0.29, 0.717) is 12.8 Å². The van der Waals surface area contributed by atoms with E-state index in [2.05, 4.69) is 19.1 Å². The molecule has 0 bridgehead atoms. The van der Waals surface area contributed by atoms with Gasteiger partial charge in [-0.05, 0) is 44.9 Å². The lowest BCUT2D eigenvalue weighted by Crippen LogP contribution is -2.12. The van der Waals surface area contributed by atoms with Crippen LogP contribution in [-0.4, -0.2) is 23.0 Å². The molecule has 0 unspecified atom stereocenters. The number of carbonyl (C=O) groups is 3. The van der Waals surface area contributed by atoms with Crippen LogP contribution in [0.5, 0.6) is 0 Å². The van der Waals surface area contributed by atoms with E-state index < -0.39 is 17.9 Å². The van der Waals surface area contributed by atoms with Crippen molar-refractivity contribution < 1.29 is 24.2 Å². The van der Waals surface area contributed by atoms with Gasteiger partial charge >= 0.3 is 17.9 Å². The average Bonchev–Trinajstić information content (AvgIpc) is 2.68. The van der Waals surface area contributed by atoms with E-state index in [0.717, 1.165) is 25.7 Å². The molecule has 0 heterocycles. The number of ether oxygens (including phenoxy) is 1. The molecule has 29 heavy (non-hydrogen) atoms. The lowest BCUT2D eigenvalue weighted by atomic mass is 10.1. The van der Waals surface area contributed by atoms with E-state index >= 15 is 0 Å². The number of carboxylic acids is 1. The summed E-state index contributed by atoms with van der Waals surface area (Å²) in [5, 5.41) is 8.51. The third-order valence-corrected chi connectivity index (χ3v) is 4.89. The maximum Gasteiger partial charge on any atom is 0.313 e. The second kappa shape index (κ2) is 21.1. The fourth-order valence-electron chi connectivity index (χ4n) is 3.11. The molecule has 1 N–H and O–H groups in total. The van der Waals surface area contributed by atoms with E-state index in [1.54, 1.807) is 0 Å². The molecule has 0 aliphatic heterocycles. The minimum atomic E-state index is -0.876. The standard InChI is InChI=1S/C24H42O5/c1-2-3-4-5-6-7-8-9-10-11-12-13-14-15-16-20-23(27)29-24(28)21-18-17-19-22(25)26/h9-10H,2-8,11-21H2,1H3,(H,25,26)/b10-9-. The molecule has 0 fully saturated rings.